The smallest absolute Gasteiger partial charge is 0.146 e. The lowest BCUT2D eigenvalue weighted by molar-refractivity contribution is -0.105. The molecule has 0 bridgehead atoms. The topological polar surface area (TPSA) is 17.1 Å². The van der Waals surface area contributed by atoms with E-state index in [0.29, 0.717) is 0 Å². The molecule has 0 saturated carbocycles. The van der Waals surface area contributed by atoms with Gasteiger partial charge >= 0.3 is 0 Å². The molecule has 1 nitrogen and oxygen atoms in total. The van der Waals surface area contributed by atoms with Crippen LogP contribution in [0.2, 0.25) is 5.02 Å². The fraction of sp³-hybridized carbons (Fsp3) is 0.438. The zero-order valence-corrected chi connectivity index (χ0v) is 11.7. The van der Waals surface area contributed by atoms with Gasteiger partial charge < -0.3 is 0 Å². The largest absolute Gasteiger partial charge is 0.298 e. The molecule has 2 heteroatoms. The van der Waals surface area contributed by atoms with Crippen LogP contribution >= 0.6 is 11.6 Å². The quantitative estimate of drug-likeness (QED) is 0.355. The van der Waals surface area contributed by atoms with Gasteiger partial charge in [0.15, 0.2) is 0 Å². The molecule has 0 saturated heterocycles. The highest BCUT2D eigenvalue weighted by atomic mass is 35.5. The summed E-state index contributed by atoms with van der Waals surface area (Å²) < 4.78 is 0. The van der Waals surface area contributed by atoms with Crippen LogP contribution in [0.5, 0.6) is 0 Å². The minimum Gasteiger partial charge on any atom is -0.298 e. The Balaban J connectivity index is 2.44. The molecular formula is C16H21ClO. The summed E-state index contributed by atoms with van der Waals surface area (Å²) >= 11 is 5.82. The van der Waals surface area contributed by atoms with E-state index in [4.69, 9.17) is 11.6 Å². The first-order valence-electron chi connectivity index (χ1n) is 6.67. The van der Waals surface area contributed by atoms with Gasteiger partial charge in [-0.3, -0.25) is 4.79 Å². The Morgan fingerprint density at radius 2 is 1.78 bits per heavy atom. The number of carbonyl (C=O) groups is 1. The summed E-state index contributed by atoms with van der Waals surface area (Å²) in [6, 6.07) is 7.56. The molecule has 0 aliphatic carbocycles. The monoisotopic (exact) mass is 264 g/mol. The van der Waals surface area contributed by atoms with E-state index >= 15 is 0 Å². The Morgan fingerprint density at radius 3 is 2.39 bits per heavy atom. The number of halogens is 1. The third kappa shape index (κ3) is 6.02. The number of hydrogen-bond donors (Lipinski definition) is 0. The first-order valence-corrected chi connectivity index (χ1v) is 7.05. The average molecular weight is 265 g/mol. The van der Waals surface area contributed by atoms with Gasteiger partial charge in [0.2, 0.25) is 0 Å². The Kier molecular flexibility index (Phi) is 7.43. The summed E-state index contributed by atoms with van der Waals surface area (Å²) in [5, 5.41) is 0.722. The molecule has 98 valence electrons. The molecule has 0 radical (unpaired) electrons. The molecule has 0 aliphatic rings. The van der Waals surface area contributed by atoms with Gasteiger partial charge in [-0.25, -0.2) is 0 Å². The van der Waals surface area contributed by atoms with Crippen molar-refractivity contribution in [3.05, 3.63) is 40.4 Å². The average Bonchev–Trinajstić information content (AvgIpc) is 2.39. The van der Waals surface area contributed by atoms with Gasteiger partial charge in [-0.2, -0.15) is 0 Å². The molecule has 0 amide bonds. The molecule has 0 aromatic heterocycles. The zero-order chi connectivity index (χ0) is 13.2. The molecule has 1 aromatic carbocycles. The third-order valence-corrected chi connectivity index (χ3v) is 3.19. The summed E-state index contributed by atoms with van der Waals surface area (Å²) in [5.74, 6) is 0. The van der Waals surface area contributed by atoms with Crippen molar-refractivity contribution >= 4 is 24.0 Å². The van der Waals surface area contributed by atoms with Gasteiger partial charge in [-0.05, 0) is 42.2 Å². The zero-order valence-electron chi connectivity index (χ0n) is 11.0. The number of unbranched alkanes of at least 4 members (excludes halogenated alkanes) is 4. The van der Waals surface area contributed by atoms with E-state index in [0.717, 1.165) is 35.3 Å². The van der Waals surface area contributed by atoms with Gasteiger partial charge in [0.25, 0.3) is 0 Å². The van der Waals surface area contributed by atoms with Crippen molar-refractivity contribution in [3.8, 4) is 0 Å². The van der Waals surface area contributed by atoms with Gasteiger partial charge in [0.05, 0.1) is 0 Å². The number of carbonyl (C=O) groups excluding carboxylic acids is 1. The van der Waals surface area contributed by atoms with Crippen molar-refractivity contribution in [2.45, 2.75) is 45.4 Å². The Morgan fingerprint density at radius 1 is 1.11 bits per heavy atom. The van der Waals surface area contributed by atoms with Crippen LogP contribution in [0, 0.1) is 0 Å². The van der Waals surface area contributed by atoms with Crippen molar-refractivity contribution in [3.63, 3.8) is 0 Å². The Hall–Kier alpha value is -1.08. The maximum absolute atomic E-state index is 11.0. The molecular weight excluding hydrogens is 244 g/mol. The maximum Gasteiger partial charge on any atom is 0.146 e. The molecule has 0 heterocycles. The highest BCUT2D eigenvalue weighted by Gasteiger charge is 1.97. The lowest BCUT2D eigenvalue weighted by Crippen LogP contribution is -1.87. The van der Waals surface area contributed by atoms with E-state index in [1.807, 2.05) is 30.3 Å². The van der Waals surface area contributed by atoms with Gasteiger partial charge in [0.1, 0.15) is 6.29 Å². The van der Waals surface area contributed by atoms with Gasteiger partial charge in [-0.1, -0.05) is 56.3 Å². The predicted octanol–water partition coefficient (Wildman–Crippen LogP) is 5.28. The van der Waals surface area contributed by atoms with Crippen LogP contribution in [0.25, 0.3) is 6.08 Å². The summed E-state index contributed by atoms with van der Waals surface area (Å²) in [6.45, 7) is 2.21. The van der Waals surface area contributed by atoms with Crippen LogP contribution < -0.4 is 0 Å². The lowest BCUT2D eigenvalue weighted by Gasteiger charge is -2.01. The molecule has 0 N–H and O–H groups in total. The van der Waals surface area contributed by atoms with Crippen LogP contribution in [-0.2, 0) is 4.79 Å². The Labute approximate surface area is 115 Å². The molecule has 0 atom stereocenters. The maximum atomic E-state index is 11.0. The number of allylic oxidation sites excluding steroid dienone is 1. The summed E-state index contributed by atoms with van der Waals surface area (Å²) in [7, 11) is 0. The first-order chi connectivity index (χ1) is 8.76. The molecule has 18 heavy (non-hydrogen) atoms. The van der Waals surface area contributed by atoms with Crippen LogP contribution in [0.15, 0.2) is 29.8 Å². The van der Waals surface area contributed by atoms with E-state index in [9.17, 15) is 4.79 Å². The predicted molar refractivity (Wildman–Crippen MR) is 78.9 cm³/mol. The summed E-state index contributed by atoms with van der Waals surface area (Å²) in [4.78, 5) is 11.0. The molecule has 0 unspecified atom stereocenters. The highest BCUT2D eigenvalue weighted by molar-refractivity contribution is 6.30. The molecule has 0 aliphatic heterocycles. The minimum atomic E-state index is 0.722. The van der Waals surface area contributed by atoms with E-state index in [-0.39, 0.29) is 0 Å². The third-order valence-electron chi connectivity index (χ3n) is 2.94. The van der Waals surface area contributed by atoms with Crippen LogP contribution in [0.1, 0.15) is 51.0 Å². The molecule has 1 aromatic rings. The molecule has 1 rings (SSSR count). The fourth-order valence-electron chi connectivity index (χ4n) is 1.87. The number of aldehydes is 1. The van der Waals surface area contributed by atoms with E-state index < -0.39 is 0 Å². The fourth-order valence-corrected chi connectivity index (χ4v) is 2.00. The second kappa shape index (κ2) is 8.93. The molecule has 0 fully saturated rings. The van der Waals surface area contributed by atoms with Crippen molar-refractivity contribution in [1.82, 2.24) is 0 Å². The SMILES string of the molecule is CCCCCCC/C(C=O)=C\c1ccc(Cl)cc1. The van der Waals surface area contributed by atoms with E-state index in [2.05, 4.69) is 6.92 Å². The van der Waals surface area contributed by atoms with Crippen molar-refractivity contribution in [1.29, 1.82) is 0 Å². The van der Waals surface area contributed by atoms with E-state index in [1.165, 1.54) is 25.7 Å². The second-order valence-electron chi connectivity index (χ2n) is 4.55. The standard InChI is InChI=1S/C16H21ClO/c1-2-3-4-5-6-7-15(13-18)12-14-8-10-16(17)11-9-14/h8-13H,2-7H2,1H3/b15-12+. The number of rotatable bonds is 8. The number of benzene rings is 1. The summed E-state index contributed by atoms with van der Waals surface area (Å²) in [6.07, 6.45) is 9.90. The number of hydrogen-bond acceptors (Lipinski definition) is 1. The van der Waals surface area contributed by atoms with Crippen molar-refractivity contribution < 1.29 is 4.79 Å². The van der Waals surface area contributed by atoms with E-state index in [1.54, 1.807) is 0 Å². The van der Waals surface area contributed by atoms with Crippen molar-refractivity contribution in [2.75, 3.05) is 0 Å². The lowest BCUT2D eigenvalue weighted by atomic mass is 10.0. The van der Waals surface area contributed by atoms with Crippen LogP contribution in [0.4, 0.5) is 0 Å². The normalized spacial score (nSPS) is 11.6. The highest BCUT2D eigenvalue weighted by Crippen LogP contribution is 2.15. The Bertz CT molecular complexity index is 379. The van der Waals surface area contributed by atoms with Gasteiger partial charge in [-0.15, -0.1) is 0 Å². The minimum absolute atomic E-state index is 0.722. The summed E-state index contributed by atoms with van der Waals surface area (Å²) in [5.41, 5.74) is 1.91. The van der Waals surface area contributed by atoms with Crippen molar-refractivity contribution in [2.24, 2.45) is 0 Å². The first kappa shape index (κ1) is 15.0. The van der Waals surface area contributed by atoms with Gasteiger partial charge in [0, 0.05) is 5.02 Å². The van der Waals surface area contributed by atoms with Crippen LogP contribution in [0.3, 0.4) is 0 Å². The second-order valence-corrected chi connectivity index (χ2v) is 4.99. The van der Waals surface area contributed by atoms with Crippen LogP contribution in [-0.4, -0.2) is 6.29 Å². The molecule has 0 spiro atoms.